The van der Waals surface area contributed by atoms with Crippen LogP contribution in [0.4, 0.5) is 11.4 Å². The van der Waals surface area contributed by atoms with E-state index in [-0.39, 0.29) is 11.6 Å². The van der Waals surface area contributed by atoms with Crippen LogP contribution in [0.1, 0.15) is 21.5 Å². The Hall–Kier alpha value is -2.28. The van der Waals surface area contributed by atoms with Gasteiger partial charge in [0.05, 0.1) is 16.8 Å². The third kappa shape index (κ3) is 3.43. The summed E-state index contributed by atoms with van der Waals surface area (Å²) in [5.41, 5.74) is 2.26. The Labute approximate surface area is 129 Å². The maximum Gasteiger partial charge on any atom is 0.272 e. The van der Waals surface area contributed by atoms with Crippen LogP contribution in [0, 0.1) is 24.0 Å². The molecule has 0 aliphatic rings. The third-order valence-electron chi connectivity index (χ3n) is 2.93. The van der Waals surface area contributed by atoms with Crippen molar-refractivity contribution in [3.8, 4) is 0 Å². The monoisotopic (exact) mass is 349 g/mol. The van der Waals surface area contributed by atoms with Crippen LogP contribution in [0.25, 0.3) is 0 Å². The van der Waals surface area contributed by atoms with Gasteiger partial charge in [0.1, 0.15) is 4.60 Å². The molecule has 6 nitrogen and oxygen atoms in total. The fraction of sp³-hybridized carbons (Fsp3) is 0.143. The number of rotatable bonds is 3. The molecule has 0 bridgehead atoms. The van der Waals surface area contributed by atoms with E-state index >= 15 is 0 Å². The molecule has 1 aromatic heterocycles. The summed E-state index contributed by atoms with van der Waals surface area (Å²) >= 11 is 3.28. The molecule has 2 aromatic rings. The molecule has 0 saturated carbocycles. The van der Waals surface area contributed by atoms with Crippen molar-refractivity contribution in [3.63, 3.8) is 0 Å². The summed E-state index contributed by atoms with van der Waals surface area (Å²) in [6, 6.07) is 6.04. The molecule has 2 rings (SSSR count). The number of aryl methyl sites for hydroxylation is 2. The van der Waals surface area contributed by atoms with Crippen molar-refractivity contribution in [1.82, 2.24) is 4.98 Å². The fourth-order valence-electron chi connectivity index (χ4n) is 1.83. The van der Waals surface area contributed by atoms with Crippen molar-refractivity contribution in [1.29, 1.82) is 0 Å². The molecule has 0 spiro atoms. The Balaban J connectivity index is 2.22. The van der Waals surface area contributed by atoms with Crippen LogP contribution in [-0.2, 0) is 0 Å². The number of hydrogen-bond acceptors (Lipinski definition) is 4. The average Bonchev–Trinajstić information content (AvgIpc) is 2.42. The van der Waals surface area contributed by atoms with E-state index in [0.29, 0.717) is 21.4 Å². The lowest BCUT2D eigenvalue weighted by Gasteiger charge is -2.07. The largest absolute Gasteiger partial charge is 0.321 e. The van der Waals surface area contributed by atoms with Gasteiger partial charge in [0, 0.05) is 17.2 Å². The van der Waals surface area contributed by atoms with Crippen LogP contribution in [0.2, 0.25) is 0 Å². The summed E-state index contributed by atoms with van der Waals surface area (Å²) in [5.74, 6) is -0.337. The molecule has 0 atom stereocenters. The molecular weight excluding hydrogens is 338 g/mol. The average molecular weight is 350 g/mol. The van der Waals surface area contributed by atoms with E-state index in [9.17, 15) is 14.9 Å². The predicted octanol–water partition coefficient (Wildman–Crippen LogP) is 3.62. The van der Waals surface area contributed by atoms with Gasteiger partial charge in [0.15, 0.2) is 0 Å². The van der Waals surface area contributed by atoms with E-state index < -0.39 is 4.92 Å². The minimum atomic E-state index is -0.473. The maximum atomic E-state index is 12.1. The first-order valence-electron chi connectivity index (χ1n) is 6.07. The molecule has 0 saturated heterocycles. The van der Waals surface area contributed by atoms with Crippen LogP contribution in [0.15, 0.2) is 35.1 Å². The van der Waals surface area contributed by atoms with Gasteiger partial charge in [-0.2, -0.15) is 0 Å². The number of nitro groups is 1. The molecule has 1 aromatic carbocycles. The lowest BCUT2D eigenvalue weighted by Crippen LogP contribution is -2.12. The summed E-state index contributed by atoms with van der Waals surface area (Å²) in [4.78, 5) is 26.5. The Kier molecular flexibility index (Phi) is 4.32. The molecule has 1 amide bonds. The highest BCUT2D eigenvalue weighted by atomic mass is 79.9. The summed E-state index contributed by atoms with van der Waals surface area (Å²) in [7, 11) is 0. The van der Waals surface area contributed by atoms with Gasteiger partial charge < -0.3 is 5.32 Å². The first-order chi connectivity index (χ1) is 9.88. The Morgan fingerprint density at radius 3 is 2.57 bits per heavy atom. The molecular formula is C14H12BrN3O3. The second-order valence-corrected chi connectivity index (χ2v) is 5.30. The summed E-state index contributed by atoms with van der Waals surface area (Å²) in [5, 5.41) is 13.5. The quantitative estimate of drug-likeness (QED) is 0.520. The number of anilines is 1. The van der Waals surface area contributed by atoms with Crippen molar-refractivity contribution < 1.29 is 9.72 Å². The van der Waals surface area contributed by atoms with Crippen LogP contribution in [0.5, 0.6) is 0 Å². The van der Waals surface area contributed by atoms with Crippen LogP contribution < -0.4 is 5.32 Å². The number of carbonyl (C=O) groups is 1. The van der Waals surface area contributed by atoms with Crippen molar-refractivity contribution in [2.75, 3.05) is 5.32 Å². The summed E-state index contributed by atoms with van der Waals surface area (Å²) in [6.45, 7) is 3.46. The predicted molar refractivity (Wildman–Crippen MR) is 82.5 cm³/mol. The lowest BCUT2D eigenvalue weighted by molar-refractivity contribution is -0.385. The van der Waals surface area contributed by atoms with Gasteiger partial charge in [0.25, 0.3) is 11.6 Å². The van der Waals surface area contributed by atoms with E-state index in [2.05, 4.69) is 26.2 Å². The highest BCUT2D eigenvalue weighted by Gasteiger charge is 2.14. The maximum absolute atomic E-state index is 12.1. The minimum absolute atomic E-state index is 0.00676. The van der Waals surface area contributed by atoms with Gasteiger partial charge in [-0.25, -0.2) is 4.98 Å². The van der Waals surface area contributed by atoms with E-state index in [1.807, 2.05) is 6.92 Å². The minimum Gasteiger partial charge on any atom is -0.321 e. The Morgan fingerprint density at radius 2 is 2.00 bits per heavy atom. The summed E-state index contributed by atoms with van der Waals surface area (Å²) < 4.78 is 0.715. The highest BCUT2D eigenvalue weighted by Crippen LogP contribution is 2.21. The normalized spacial score (nSPS) is 10.2. The zero-order valence-electron chi connectivity index (χ0n) is 11.4. The molecule has 21 heavy (non-hydrogen) atoms. The van der Waals surface area contributed by atoms with E-state index in [1.165, 1.54) is 24.4 Å². The number of hydrogen-bond donors (Lipinski definition) is 1. The zero-order valence-corrected chi connectivity index (χ0v) is 13.0. The first kappa shape index (κ1) is 15.1. The molecule has 0 unspecified atom stereocenters. The summed E-state index contributed by atoms with van der Waals surface area (Å²) in [6.07, 6.45) is 1.53. The number of carbonyl (C=O) groups excluding carboxylic acids is 1. The molecule has 0 radical (unpaired) electrons. The topological polar surface area (TPSA) is 85.1 Å². The second kappa shape index (κ2) is 6.01. The molecule has 1 N–H and O–H groups in total. The van der Waals surface area contributed by atoms with Crippen LogP contribution in [0.3, 0.4) is 0 Å². The van der Waals surface area contributed by atoms with Gasteiger partial charge in [-0.15, -0.1) is 0 Å². The van der Waals surface area contributed by atoms with Crippen LogP contribution >= 0.6 is 15.9 Å². The number of aromatic nitrogens is 1. The molecule has 0 fully saturated rings. The second-order valence-electron chi connectivity index (χ2n) is 4.54. The van der Waals surface area contributed by atoms with Gasteiger partial charge in [0.2, 0.25) is 0 Å². The van der Waals surface area contributed by atoms with E-state index in [4.69, 9.17) is 0 Å². The van der Waals surface area contributed by atoms with Gasteiger partial charge >= 0.3 is 0 Å². The molecule has 0 aliphatic heterocycles. The van der Waals surface area contributed by atoms with Crippen molar-refractivity contribution >= 4 is 33.2 Å². The molecule has 1 heterocycles. The fourth-order valence-corrected chi connectivity index (χ4v) is 2.05. The van der Waals surface area contributed by atoms with Crippen molar-refractivity contribution in [2.45, 2.75) is 13.8 Å². The molecule has 7 heteroatoms. The Bertz CT molecular complexity index is 731. The highest BCUT2D eigenvalue weighted by molar-refractivity contribution is 9.10. The number of benzene rings is 1. The van der Waals surface area contributed by atoms with Crippen LogP contribution in [-0.4, -0.2) is 15.8 Å². The zero-order chi connectivity index (χ0) is 15.6. The number of nitro benzene ring substituents is 1. The van der Waals surface area contributed by atoms with Crippen molar-refractivity contribution in [3.05, 3.63) is 61.9 Å². The van der Waals surface area contributed by atoms with Gasteiger partial charge in [-0.3, -0.25) is 14.9 Å². The molecule has 0 aliphatic carbocycles. The first-order valence-corrected chi connectivity index (χ1v) is 6.86. The number of nitrogens with one attached hydrogen (secondary N) is 1. The van der Waals surface area contributed by atoms with Gasteiger partial charge in [-0.1, -0.05) is 0 Å². The number of nitrogens with zero attached hydrogens (tertiary/aromatic N) is 2. The van der Waals surface area contributed by atoms with E-state index in [0.717, 1.165) is 5.56 Å². The SMILES string of the molecule is Cc1cc(C(=O)Nc2cnc(Br)c(C)c2)ccc1[N+](=O)[O-]. The molecule has 108 valence electrons. The smallest absolute Gasteiger partial charge is 0.272 e. The lowest BCUT2D eigenvalue weighted by atomic mass is 10.1. The number of amides is 1. The van der Waals surface area contributed by atoms with Gasteiger partial charge in [-0.05, 0) is 53.5 Å². The third-order valence-corrected chi connectivity index (χ3v) is 3.76. The number of pyridine rings is 1. The van der Waals surface area contributed by atoms with E-state index in [1.54, 1.807) is 13.0 Å². The Morgan fingerprint density at radius 1 is 1.29 bits per heavy atom. The number of halogens is 1. The van der Waals surface area contributed by atoms with Crippen molar-refractivity contribution in [2.24, 2.45) is 0 Å². The standard InChI is InChI=1S/C14H12BrN3O3/c1-8-5-10(3-4-12(8)18(20)21)14(19)17-11-6-9(2)13(15)16-7-11/h3-7H,1-2H3,(H,17,19).